The zero-order chi connectivity index (χ0) is 29.3. The molecule has 1 fully saturated rings. The standard InChI is InChI=1S/C26H22F5N7O3/c27-24(28)16-2-3-20-19(9-16)38(22-11-18(26(29,30)31)25(40)35-34-22)14-17(41-20)10-23(39)37-7-5-36(6-8-37)21-4-1-15(12-32)13-33-21/h1-4,9,11,13,17,24H,5-8,10,14H2,(H,35,40)/t17-/m0/s1. The number of aromatic nitrogens is 3. The largest absolute Gasteiger partial charge is 0.486 e. The van der Waals surface area contributed by atoms with Gasteiger partial charge in [0.15, 0.2) is 5.82 Å². The molecule has 2 aliphatic heterocycles. The lowest BCUT2D eigenvalue weighted by molar-refractivity contribution is -0.138. The number of halogens is 5. The molecule has 5 rings (SSSR count). The van der Waals surface area contributed by atoms with Crippen molar-refractivity contribution >= 4 is 23.2 Å². The molecule has 1 amide bonds. The number of rotatable bonds is 5. The van der Waals surface area contributed by atoms with E-state index in [9.17, 15) is 31.5 Å². The van der Waals surface area contributed by atoms with Crippen molar-refractivity contribution in [1.29, 1.82) is 5.26 Å². The van der Waals surface area contributed by atoms with Gasteiger partial charge in [0.1, 0.15) is 29.3 Å². The van der Waals surface area contributed by atoms with E-state index in [0.29, 0.717) is 43.6 Å². The monoisotopic (exact) mass is 575 g/mol. The number of amides is 1. The number of H-pyrrole nitrogens is 1. The number of benzene rings is 1. The van der Waals surface area contributed by atoms with Crippen molar-refractivity contribution in [1.82, 2.24) is 20.1 Å². The Hall–Kier alpha value is -4.74. The van der Waals surface area contributed by atoms with Crippen molar-refractivity contribution in [2.24, 2.45) is 0 Å². The fourth-order valence-corrected chi connectivity index (χ4v) is 4.71. The molecule has 0 spiro atoms. The molecule has 0 unspecified atom stereocenters. The SMILES string of the molecule is N#Cc1ccc(N2CCN(C(=O)C[C@H]3CN(c4cc(C(F)(F)F)c(=O)[nH]n4)c4cc(C(F)F)ccc4O3)CC2)nc1. The van der Waals surface area contributed by atoms with Gasteiger partial charge in [-0.15, -0.1) is 0 Å². The van der Waals surface area contributed by atoms with E-state index >= 15 is 0 Å². The molecular formula is C26H22F5N7O3. The molecule has 0 aliphatic carbocycles. The summed E-state index contributed by atoms with van der Waals surface area (Å²) in [5.74, 6) is 0.153. The van der Waals surface area contributed by atoms with Crippen LogP contribution in [0, 0.1) is 11.3 Å². The van der Waals surface area contributed by atoms with Crippen LogP contribution in [0.3, 0.4) is 0 Å². The topological polar surface area (TPSA) is 118 Å². The lowest BCUT2D eigenvalue weighted by atomic mass is 10.1. The maximum absolute atomic E-state index is 13.4. The maximum Gasteiger partial charge on any atom is 0.421 e. The van der Waals surface area contributed by atoms with Crippen LogP contribution in [0.4, 0.5) is 39.3 Å². The second kappa shape index (κ2) is 11.0. The lowest BCUT2D eigenvalue weighted by Crippen LogP contribution is -2.50. The third kappa shape index (κ3) is 5.91. The van der Waals surface area contributed by atoms with Gasteiger partial charge in [0, 0.05) is 44.0 Å². The Bertz CT molecular complexity index is 1530. The van der Waals surface area contributed by atoms with E-state index in [0.717, 1.165) is 12.1 Å². The number of nitrogens with zero attached hydrogens (tertiary/aromatic N) is 6. The summed E-state index contributed by atoms with van der Waals surface area (Å²) in [5.41, 5.74) is -2.87. The molecule has 10 nitrogen and oxygen atoms in total. The first-order chi connectivity index (χ1) is 19.5. The van der Waals surface area contributed by atoms with Crippen LogP contribution in [0.2, 0.25) is 0 Å². The molecule has 214 valence electrons. The van der Waals surface area contributed by atoms with Gasteiger partial charge in [-0.25, -0.2) is 18.9 Å². The molecule has 1 aromatic carbocycles. The molecular weight excluding hydrogens is 553 g/mol. The number of carbonyl (C=O) groups is 1. The zero-order valence-corrected chi connectivity index (χ0v) is 21.2. The van der Waals surface area contributed by atoms with E-state index in [1.807, 2.05) is 16.1 Å². The van der Waals surface area contributed by atoms with E-state index in [2.05, 4.69) is 10.1 Å². The number of nitriles is 1. The van der Waals surface area contributed by atoms with Crippen molar-refractivity contribution in [2.75, 3.05) is 42.5 Å². The Morgan fingerprint density at radius 2 is 1.88 bits per heavy atom. The highest BCUT2D eigenvalue weighted by atomic mass is 19.4. The number of fused-ring (bicyclic) bond motifs is 1. The van der Waals surface area contributed by atoms with Crippen LogP contribution >= 0.6 is 0 Å². The van der Waals surface area contributed by atoms with Crippen molar-refractivity contribution in [2.45, 2.75) is 25.1 Å². The Kier molecular flexibility index (Phi) is 7.48. The third-order valence-electron chi connectivity index (χ3n) is 6.81. The summed E-state index contributed by atoms with van der Waals surface area (Å²) >= 11 is 0. The van der Waals surface area contributed by atoms with E-state index in [-0.39, 0.29) is 41.7 Å². The first-order valence-electron chi connectivity index (χ1n) is 12.5. The van der Waals surface area contributed by atoms with E-state index < -0.39 is 29.8 Å². The molecule has 15 heteroatoms. The van der Waals surface area contributed by atoms with Crippen LogP contribution in [0.5, 0.6) is 5.75 Å². The van der Waals surface area contributed by atoms with E-state index in [4.69, 9.17) is 10.00 Å². The van der Waals surface area contributed by atoms with Gasteiger partial charge in [-0.1, -0.05) is 0 Å². The molecule has 0 bridgehead atoms. The average molecular weight is 575 g/mol. The van der Waals surface area contributed by atoms with Crippen LogP contribution in [0.25, 0.3) is 0 Å². The highest BCUT2D eigenvalue weighted by Gasteiger charge is 2.37. The first kappa shape index (κ1) is 27.8. The Morgan fingerprint density at radius 1 is 1.12 bits per heavy atom. The van der Waals surface area contributed by atoms with Crippen LogP contribution in [0.1, 0.15) is 29.5 Å². The second-order valence-corrected chi connectivity index (χ2v) is 9.43. The number of piperazine rings is 1. The number of hydrogen-bond acceptors (Lipinski definition) is 8. The number of nitrogens with one attached hydrogen (secondary N) is 1. The normalized spacial score (nSPS) is 17.2. The van der Waals surface area contributed by atoms with Crippen LogP contribution < -0.4 is 20.1 Å². The van der Waals surface area contributed by atoms with E-state index in [1.54, 1.807) is 17.0 Å². The minimum Gasteiger partial charge on any atom is -0.486 e. The molecule has 1 atom stereocenters. The number of pyridine rings is 1. The number of anilines is 3. The van der Waals surface area contributed by atoms with Gasteiger partial charge in [0.2, 0.25) is 5.91 Å². The summed E-state index contributed by atoms with van der Waals surface area (Å²) in [7, 11) is 0. The summed E-state index contributed by atoms with van der Waals surface area (Å²) in [5, 5.41) is 14.5. The van der Waals surface area contributed by atoms with Crippen molar-refractivity contribution in [3.63, 3.8) is 0 Å². The molecule has 41 heavy (non-hydrogen) atoms. The average Bonchev–Trinajstić information content (AvgIpc) is 2.96. The fourth-order valence-electron chi connectivity index (χ4n) is 4.71. The predicted molar refractivity (Wildman–Crippen MR) is 135 cm³/mol. The summed E-state index contributed by atoms with van der Waals surface area (Å²) < 4.78 is 73.0. The number of aromatic amines is 1. The van der Waals surface area contributed by atoms with Gasteiger partial charge < -0.3 is 19.4 Å². The molecule has 3 aromatic rings. The lowest BCUT2D eigenvalue weighted by Gasteiger charge is -2.38. The first-order valence-corrected chi connectivity index (χ1v) is 12.5. The zero-order valence-electron chi connectivity index (χ0n) is 21.2. The fraction of sp³-hybridized carbons (Fsp3) is 0.346. The smallest absolute Gasteiger partial charge is 0.421 e. The van der Waals surface area contributed by atoms with Gasteiger partial charge >= 0.3 is 6.18 Å². The number of hydrogen-bond donors (Lipinski definition) is 1. The van der Waals surface area contributed by atoms with Gasteiger partial charge in [-0.2, -0.15) is 23.5 Å². The summed E-state index contributed by atoms with van der Waals surface area (Å²) in [6, 6.07) is 9.40. The van der Waals surface area contributed by atoms with Gasteiger partial charge in [-0.05, 0) is 30.3 Å². The van der Waals surface area contributed by atoms with Crippen molar-refractivity contribution < 1.29 is 31.5 Å². The van der Waals surface area contributed by atoms with Gasteiger partial charge in [0.25, 0.3) is 12.0 Å². The third-order valence-corrected chi connectivity index (χ3v) is 6.81. The number of carbonyl (C=O) groups excluding carboxylic acids is 1. The summed E-state index contributed by atoms with van der Waals surface area (Å²) in [6.07, 6.45) is -7.36. The van der Waals surface area contributed by atoms with Crippen LogP contribution in [-0.2, 0) is 11.0 Å². The molecule has 2 aromatic heterocycles. The molecule has 4 heterocycles. The Labute approximate surface area is 229 Å². The quantitative estimate of drug-likeness (QED) is 0.459. The molecule has 2 aliphatic rings. The van der Waals surface area contributed by atoms with Crippen LogP contribution in [-0.4, -0.2) is 64.8 Å². The van der Waals surface area contributed by atoms with Gasteiger partial charge in [0.05, 0.1) is 24.2 Å². The highest BCUT2D eigenvalue weighted by molar-refractivity contribution is 5.78. The van der Waals surface area contributed by atoms with Crippen molar-refractivity contribution in [3.05, 3.63) is 69.6 Å². The summed E-state index contributed by atoms with van der Waals surface area (Å²) in [6.45, 7) is 1.55. The van der Waals surface area contributed by atoms with Gasteiger partial charge in [-0.3, -0.25) is 9.59 Å². The minimum absolute atomic E-state index is 0.0303. The Morgan fingerprint density at radius 3 is 2.51 bits per heavy atom. The number of alkyl halides is 5. The molecule has 1 saturated heterocycles. The molecule has 1 N–H and O–H groups in total. The molecule has 0 saturated carbocycles. The Balaban J connectivity index is 1.33. The second-order valence-electron chi connectivity index (χ2n) is 9.43. The summed E-state index contributed by atoms with van der Waals surface area (Å²) in [4.78, 5) is 34.0. The van der Waals surface area contributed by atoms with Crippen LogP contribution in [0.15, 0.2) is 47.4 Å². The predicted octanol–water partition coefficient (Wildman–Crippen LogP) is 3.63. The maximum atomic E-state index is 13.4. The number of ether oxygens (including phenoxy) is 1. The highest BCUT2D eigenvalue weighted by Crippen LogP contribution is 2.41. The van der Waals surface area contributed by atoms with E-state index in [1.165, 1.54) is 17.2 Å². The molecule has 0 radical (unpaired) electrons. The van der Waals surface area contributed by atoms with Crippen molar-refractivity contribution in [3.8, 4) is 11.8 Å². The minimum atomic E-state index is -4.98.